The van der Waals surface area contributed by atoms with Crippen molar-refractivity contribution in [2.45, 2.75) is 12.5 Å². The van der Waals surface area contributed by atoms with Gasteiger partial charge in [0.15, 0.2) is 0 Å². The van der Waals surface area contributed by atoms with E-state index in [2.05, 4.69) is 24.3 Å². The Labute approximate surface area is 95.2 Å². The Kier molecular flexibility index (Phi) is 2.50. The molecule has 2 aliphatic heterocycles. The maximum atomic E-state index is 5.83. The van der Waals surface area contributed by atoms with Crippen molar-refractivity contribution in [2.75, 3.05) is 13.2 Å². The first kappa shape index (κ1) is 9.67. The van der Waals surface area contributed by atoms with Gasteiger partial charge in [-0.25, -0.2) is 0 Å². The van der Waals surface area contributed by atoms with Crippen molar-refractivity contribution in [1.29, 1.82) is 0 Å². The standard InChI is InChI=1S/C14H14O2/c1-2-5-11(6-3-1)13-14-12(8-10-16-14)7-4-9-15-13/h1-7,13H,8-10H2. The van der Waals surface area contributed by atoms with Crippen molar-refractivity contribution in [1.82, 2.24) is 0 Å². The molecule has 16 heavy (non-hydrogen) atoms. The van der Waals surface area contributed by atoms with Crippen molar-refractivity contribution in [3.05, 3.63) is 59.4 Å². The van der Waals surface area contributed by atoms with E-state index in [4.69, 9.17) is 9.47 Å². The minimum Gasteiger partial charge on any atom is -0.494 e. The van der Waals surface area contributed by atoms with Crippen molar-refractivity contribution in [2.24, 2.45) is 0 Å². The van der Waals surface area contributed by atoms with E-state index in [9.17, 15) is 0 Å². The molecular formula is C14H14O2. The van der Waals surface area contributed by atoms with Crippen LogP contribution in [0.1, 0.15) is 18.1 Å². The van der Waals surface area contributed by atoms with E-state index in [-0.39, 0.29) is 6.10 Å². The average Bonchev–Trinajstić information content (AvgIpc) is 2.70. The summed E-state index contributed by atoms with van der Waals surface area (Å²) in [6, 6.07) is 10.3. The summed E-state index contributed by atoms with van der Waals surface area (Å²) in [5, 5.41) is 0. The molecule has 0 radical (unpaired) electrons. The summed E-state index contributed by atoms with van der Waals surface area (Å²) in [6.07, 6.45) is 5.16. The lowest BCUT2D eigenvalue weighted by Gasteiger charge is -2.18. The van der Waals surface area contributed by atoms with Gasteiger partial charge in [-0.05, 0) is 11.1 Å². The monoisotopic (exact) mass is 214 g/mol. The number of ether oxygens (including phenoxy) is 2. The van der Waals surface area contributed by atoms with Gasteiger partial charge >= 0.3 is 0 Å². The summed E-state index contributed by atoms with van der Waals surface area (Å²) in [4.78, 5) is 0. The number of rotatable bonds is 1. The molecule has 0 saturated heterocycles. The van der Waals surface area contributed by atoms with Crippen LogP contribution in [0.5, 0.6) is 0 Å². The molecule has 0 bridgehead atoms. The zero-order chi connectivity index (χ0) is 10.8. The van der Waals surface area contributed by atoms with Crippen LogP contribution in [0, 0.1) is 0 Å². The highest BCUT2D eigenvalue weighted by Gasteiger charge is 2.26. The second-order valence-corrected chi connectivity index (χ2v) is 4.01. The molecule has 1 unspecified atom stereocenters. The minimum absolute atomic E-state index is 0.0336. The first-order chi connectivity index (χ1) is 7.95. The zero-order valence-corrected chi connectivity index (χ0v) is 9.06. The Balaban J connectivity index is 1.99. The number of benzene rings is 1. The Bertz CT molecular complexity index is 431. The van der Waals surface area contributed by atoms with E-state index >= 15 is 0 Å². The Hall–Kier alpha value is -1.54. The van der Waals surface area contributed by atoms with E-state index < -0.39 is 0 Å². The molecule has 0 saturated carbocycles. The minimum atomic E-state index is -0.0336. The molecule has 0 fully saturated rings. The smallest absolute Gasteiger partial charge is 0.140 e. The molecule has 2 heterocycles. The van der Waals surface area contributed by atoms with Crippen LogP contribution in [0.4, 0.5) is 0 Å². The fourth-order valence-electron chi connectivity index (χ4n) is 2.19. The summed E-state index contributed by atoms with van der Waals surface area (Å²) >= 11 is 0. The predicted octanol–water partition coefficient (Wildman–Crippen LogP) is 2.99. The highest BCUT2D eigenvalue weighted by molar-refractivity contribution is 5.34. The fourth-order valence-corrected chi connectivity index (χ4v) is 2.19. The van der Waals surface area contributed by atoms with E-state index in [1.165, 1.54) is 11.1 Å². The van der Waals surface area contributed by atoms with Gasteiger partial charge in [0.05, 0.1) is 13.2 Å². The van der Waals surface area contributed by atoms with Gasteiger partial charge in [-0.1, -0.05) is 42.5 Å². The van der Waals surface area contributed by atoms with Crippen LogP contribution in [0.2, 0.25) is 0 Å². The van der Waals surface area contributed by atoms with Gasteiger partial charge < -0.3 is 9.47 Å². The highest BCUT2D eigenvalue weighted by Crippen LogP contribution is 2.35. The summed E-state index contributed by atoms with van der Waals surface area (Å²) in [7, 11) is 0. The quantitative estimate of drug-likeness (QED) is 0.715. The second-order valence-electron chi connectivity index (χ2n) is 4.01. The molecule has 0 aromatic heterocycles. The maximum absolute atomic E-state index is 5.83. The Morgan fingerprint density at radius 1 is 1.12 bits per heavy atom. The molecular weight excluding hydrogens is 200 g/mol. The molecule has 2 heteroatoms. The summed E-state index contributed by atoms with van der Waals surface area (Å²) in [6.45, 7) is 1.43. The lowest BCUT2D eigenvalue weighted by Crippen LogP contribution is -2.08. The summed E-state index contributed by atoms with van der Waals surface area (Å²) < 4.78 is 11.5. The van der Waals surface area contributed by atoms with Gasteiger partial charge in [-0.3, -0.25) is 0 Å². The lowest BCUT2D eigenvalue weighted by molar-refractivity contribution is 0.0532. The van der Waals surface area contributed by atoms with Gasteiger partial charge in [0, 0.05) is 6.42 Å². The van der Waals surface area contributed by atoms with Gasteiger partial charge in [-0.2, -0.15) is 0 Å². The van der Waals surface area contributed by atoms with Gasteiger partial charge in [-0.15, -0.1) is 0 Å². The van der Waals surface area contributed by atoms with Crippen molar-refractivity contribution < 1.29 is 9.47 Å². The third-order valence-corrected chi connectivity index (χ3v) is 2.96. The number of hydrogen-bond donors (Lipinski definition) is 0. The normalized spacial score (nSPS) is 23.9. The first-order valence-corrected chi connectivity index (χ1v) is 5.64. The van der Waals surface area contributed by atoms with Crippen LogP contribution in [-0.2, 0) is 9.47 Å². The SMILES string of the molecule is C1=CC2=C(OCC2)C(c2ccccc2)OC1. The molecule has 2 aliphatic rings. The van der Waals surface area contributed by atoms with Crippen LogP contribution < -0.4 is 0 Å². The molecule has 0 amide bonds. The second kappa shape index (κ2) is 4.14. The van der Waals surface area contributed by atoms with Crippen LogP contribution in [-0.4, -0.2) is 13.2 Å². The van der Waals surface area contributed by atoms with E-state index in [0.717, 1.165) is 18.8 Å². The Morgan fingerprint density at radius 2 is 2.00 bits per heavy atom. The van der Waals surface area contributed by atoms with Crippen LogP contribution in [0.15, 0.2) is 53.8 Å². The van der Waals surface area contributed by atoms with Crippen LogP contribution >= 0.6 is 0 Å². The van der Waals surface area contributed by atoms with Crippen molar-refractivity contribution in [3.63, 3.8) is 0 Å². The summed E-state index contributed by atoms with van der Waals surface area (Å²) in [5.41, 5.74) is 2.45. The molecule has 82 valence electrons. The first-order valence-electron chi connectivity index (χ1n) is 5.64. The molecule has 0 aliphatic carbocycles. The number of hydrogen-bond acceptors (Lipinski definition) is 2. The molecule has 3 rings (SSSR count). The Morgan fingerprint density at radius 3 is 2.88 bits per heavy atom. The topological polar surface area (TPSA) is 18.5 Å². The average molecular weight is 214 g/mol. The predicted molar refractivity (Wildman–Crippen MR) is 61.9 cm³/mol. The zero-order valence-electron chi connectivity index (χ0n) is 9.06. The summed E-state index contributed by atoms with van der Waals surface area (Å²) in [5.74, 6) is 1.000. The highest BCUT2D eigenvalue weighted by atomic mass is 16.5. The molecule has 2 nitrogen and oxygen atoms in total. The van der Waals surface area contributed by atoms with E-state index in [0.29, 0.717) is 6.61 Å². The third-order valence-electron chi connectivity index (χ3n) is 2.96. The molecule has 0 N–H and O–H groups in total. The molecule has 1 aromatic rings. The van der Waals surface area contributed by atoms with E-state index in [1.54, 1.807) is 0 Å². The van der Waals surface area contributed by atoms with Crippen molar-refractivity contribution in [3.8, 4) is 0 Å². The largest absolute Gasteiger partial charge is 0.494 e. The molecule has 1 atom stereocenters. The van der Waals surface area contributed by atoms with Crippen LogP contribution in [0.25, 0.3) is 0 Å². The maximum Gasteiger partial charge on any atom is 0.140 e. The van der Waals surface area contributed by atoms with Gasteiger partial charge in [0.1, 0.15) is 11.9 Å². The van der Waals surface area contributed by atoms with Gasteiger partial charge in [0.2, 0.25) is 0 Å². The van der Waals surface area contributed by atoms with Gasteiger partial charge in [0.25, 0.3) is 0 Å². The van der Waals surface area contributed by atoms with E-state index in [1.807, 2.05) is 18.2 Å². The van der Waals surface area contributed by atoms with Crippen LogP contribution in [0.3, 0.4) is 0 Å². The molecule has 0 spiro atoms. The lowest BCUT2D eigenvalue weighted by atomic mass is 10.0. The van der Waals surface area contributed by atoms with Crippen molar-refractivity contribution >= 4 is 0 Å². The fraction of sp³-hybridized carbons (Fsp3) is 0.286. The number of allylic oxidation sites excluding steroid dienone is 1. The molecule has 1 aromatic carbocycles. The third kappa shape index (κ3) is 1.65.